The lowest BCUT2D eigenvalue weighted by atomic mass is 10.7. The molecule has 0 radical (unpaired) electrons. The number of imidazole rings is 1. The summed E-state index contributed by atoms with van der Waals surface area (Å²) in [5.41, 5.74) is 0. The third kappa shape index (κ3) is 0.988. The first-order valence-corrected chi connectivity index (χ1v) is 3.49. The van der Waals surface area contributed by atoms with Crippen molar-refractivity contribution < 1.29 is 4.74 Å². The van der Waals surface area contributed by atoms with Crippen LogP contribution >= 0.6 is 0 Å². The van der Waals surface area contributed by atoms with Crippen molar-refractivity contribution >= 4 is 0 Å². The van der Waals surface area contributed by atoms with E-state index in [2.05, 4.69) is 4.98 Å². The highest BCUT2D eigenvalue weighted by atomic mass is 16.5. The van der Waals surface area contributed by atoms with Crippen LogP contribution in [0.25, 0.3) is 0 Å². The van der Waals surface area contributed by atoms with E-state index in [1.165, 1.54) is 12.8 Å². The van der Waals surface area contributed by atoms with E-state index in [1.807, 2.05) is 11.6 Å². The number of ether oxygens (including phenoxy) is 1. The molecule has 0 amide bonds. The van der Waals surface area contributed by atoms with Gasteiger partial charge in [0.2, 0.25) is 5.88 Å². The molecule has 2 rings (SSSR count). The zero-order chi connectivity index (χ0) is 6.97. The monoisotopic (exact) mass is 138 g/mol. The largest absolute Gasteiger partial charge is 0.474 e. The zero-order valence-electron chi connectivity index (χ0n) is 5.95. The fourth-order valence-corrected chi connectivity index (χ4v) is 0.815. The standard InChI is InChI=1S/C7H10N2O/c1-9-5-8-4-7(9)10-6-2-3-6/h4-6H,2-3H2,1H3. The lowest BCUT2D eigenvalue weighted by Crippen LogP contribution is -1.99. The summed E-state index contributed by atoms with van der Waals surface area (Å²) in [6.45, 7) is 0. The van der Waals surface area contributed by atoms with Gasteiger partial charge in [0.15, 0.2) is 0 Å². The topological polar surface area (TPSA) is 27.1 Å². The Bertz CT molecular complexity index is 227. The summed E-state index contributed by atoms with van der Waals surface area (Å²) in [5.74, 6) is 0.877. The maximum Gasteiger partial charge on any atom is 0.213 e. The Morgan fingerprint density at radius 3 is 3.00 bits per heavy atom. The molecule has 0 aromatic carbocycles. The van der Waals surface area contributed by atoms with Gasteiger partial charge in [0.25, 0.3) is 0 Å². The van der Waals surface area contributed by atoms with E-state index in [-0.39, 0.29) is 0 Å². The zero-order valence-corrected chi connectivity index (χ0v) is 5.95. The van der Waals surface area contributed by atoms with Gasteiger partial charge >= 0.3 is 0 Å². The van der Waals surface area contributed by atoms with E-state index in [0.29, 0.717) is 6.10 Å². The van der Waals surface area contributed by atoms with E-state index in [9.17, 15) is 0 Å². The molecule has 1 aromatic heterocycles. The van der Waals surface area contributed by atoms with Gasteiger partial charge in [-0.15, -0.1) is 0 Å². The molecule has 0 aliphatic heterocycles. The van der Waals surface area contributed by atoms with E-state index in [1.54, 1.807) is 12.5 Å². The molecule has 0 bridgehead atoms. The van der Waals surface area contributed by atoms with Gasteiger partial charge in [-0.1, -0.05) is 0 Å². The molecule has 1 aliphatic carbocycles. The van der Waals surface area contributed by atoms with Gasteiger partial charge in [0.1, 0.15) is 6.10 Å². The Balaban J connectivity index is 2.08. The Labute approximate surface area is 59.6 Å². The summed E-state index contributed by atoms with van der Waals surface area (Å²) in [7, 11) is 1.94. The number of aryl methyl sites for hydroxylation is 1. The first-order chi connectivity index (χ1) is 4.86. The predicted octanol–water partition coefficient (Wildman–Crippen LogP) is 0.961. The van der Waals surface area contributed by atoms with Crippen LogP contribution in [-0.4, -0.2) is 15.7 Å². The molecule has 10 heavy (non-hydrogen) atoms. The maximum atomic E-state index is 5.50. The van der Waals surface area contributed by atoms with Crippen molar-refractivity contribution in [3.05, 3.63) is 12.5 Å². The van der Waals surface area contributed by atoms with Crippen LogP contribution < -0.4 is 4.74 Å². The number of hydrogen-bond acceptors (Lipinski definition) is 2. The second-order valence-electron chi connectivity index (χ2n) is 2.66. The average molecular weight is 138 g/mol. The summed E-state index contributed by atoms with van der Waals surface area (Å²) in [4.78, 5) is 3.94. The first kappa shape index (κ1) is 5.77. The molecule has 3 heteroatoms. The molecule has 1 aliphatic rings. The third-order valence-electron chi connectivity index (χ3n) is 1.58. The van der Waals surface area contributed by atoms with Crippen LogP contribution in [0.2, 0.25) is 0 Å². The Hall–Kier alpha value is -0.990. The minimum Gasteiger partial charge on any atom is -0.474 e. The molecule has 0 saturated heterocycles. The summed E-state index contributed by atoms with van der Waals surface area (Å²) >= 11 is 0. The number of aromatic nitrogens is 2. The Kier molecular flexibility index (Phi) is 1.16. The van der Waals surface area contributed by atoms with Crippen LogP contribution in [0, 0.1) is 0 Å². The molecule has 3 nitrogen and oxygen atoms in total. The quantitative estimate of drug-likeness (QED) is 0.608. The van der Waals surface area contributed by atoms with Crippen molar-refractivity contribution in [3.63, 3.8) is 0 Å². The Morgan fingerprint density at radius 1 is 1.70 bits per heavy atom. The van der Waals surface area contributed by atoms with Gasteiger partial charge in [-0.2, -0.15) is 0 Å². The maximum absolute atomic E-state index is 5.50. The summed E-state index contributed by atoms with van der Waals surface area (Å²) in [6, 6.07) is 0. The lowest BCUT2D eigenvalue weighted by Gasteiger charge is -2.01. The van der Waals surface area contributed by atoms with Crippen LogP contribution in [0.15, 0.2) is 12.5 Å². The molecular formula is C7H10N2O. The molecule has 0 N–H and O–H groups in total. The van der Waals surface area contributed by atoms with Crippen LogP contribution in [0.3, 0.4) is 0 Å². The number of hydrogen-bond donors (Lipinski definition) is 0. The van der Waals surface area contributed by atoms with Crippen molar-refractivity contribution in [2.75, 3.05) is 0 Å². The molecule has 54 valence electrons. The summed E-state index contributed by atoms with van der Waals surface area (Å²) in [6.07, 6.45) is 6.36. The normalized spacial score (nSPS) is 17.3. The van der Waals surface area contributed by atoms with Gasteiger partial charge in [-0.3, -0.25) is 0 Å². The first-order valence-electron chi connectivity index (χ1n) is 3.49. The van der Waals surface area contributed by atoms with Crippen molar-refractivity contribution in [1.29, 1.82) is 0 Å². The molecular weight excluding hydrogens is 128 g/mol. The fourth-order valence-electron chi connectivity index (χ4n) is 0.815. The fraction of sp³-hybridized carbons (Fsp3) is 0.571. The number of rotatable bonds is 2. The highest BCUT2D eigenvalue weighted by molar-refractivity contribution is 5.06. The second kappa shape index (κ2) is 2.01. The lowest BCUT2D eigenvalue weighted by molar-refractivity contribution is 0.281. The summed E-state index contributed by atoms with van der Waals surface area (Å²) in [5, 5.41) is 0. The molecule has 0 atom stereocenters. The van der Waals surface area contributed by atoms with E-state index in [4.69, 9.17) is 4.74 Å². The number of nitrogens with zero attached hydrogens (tertiary/aromatic N) is 2. The smallest absolute Gasteiger partial charge is 0.213 e. The van der Waals surface area contributed by atoms with Gasteiger partial charge in [-0.05, 0) is 12.8 Å². The summed E-state index contributed by atoms with van der Waals surface area (Å²) < 4.78 is 7.38. The Morgan fingerprint density at radius 2 is 2.50 bits per heavy atom. The third-order valence-corrected chi connectivity index (χ3v) is 1.58. The van der Waals surface area contributed by atoms with Crippen molar-refractivity contribution in [1.82, 2.24) is 9.55 Å². The average Bonchev–Trinajstić information content (AvgIpc) is 2.62. The van der Waals surface area contributed by atoms with E-state index >= 15 is 0 Å². The molecule has 1 fully saturated rings. The van der Waals surface area contributed by atoms with Gasteiger partial charge in [0, 0.05) is 7.05 Å². The minimum atomic E-state index is 0.468. The molecule has 1 heterocycles. The molecule has 1 aromatic rings. The van der Waals surface area contributed by atoms with E-state index < -0.39 is 0 Å². The van der Waals surface area contributed by atoms with E-state index in [0.717, 1.165) is 5.88 Å². The SMILES string of the molecule is Cn1cncc1OC1CC1. The van der Waals surface area contributed by atoms with Gasteiger partial charge in [-0.25, -0.2) is 4.98 Å². The van der Waals surface area contributed by atoms with Crippen LogP contribution in [0.5, 0.6) is 5.88 Å². The predicted molar refractivity (Wildman–Crippen MR) is 36.9 cm³/mol. The van der Waals surface area contributed by atoms with Crippen molar-refractivity contribution in [3.8, 4) is 5.88 Å². The highest BCUT2D eigenvalue weighted by Gasteiger charge is 2.24. The second-order valence-corrected chi connectivity index (χ2v) is 2.66. The molecule has 1 saturated carbocycles. The molecule has 0 unspecified atom stereocenters. The van der Waals surface area contributed by atoms with Crippen LogP contribution in [-0.2, 0) is 7.05 Å². The highest BCUT2D eigenvalue weighted by Crippen LogP contribution is 2.25. The van der Waals surface area contributed by atoms with Crippen LogP contribution in [0.4, 0.5) is 0 Å². The van der Waals surface area contributed by atoms with Gasteiger partial charge < -0.3 is 9.30 Å². The van der Waals surface area contributed by atoms with Crippen LogP contribution in [0.1, 0.15) is 12.8 Å². The van der Waals surface area contributed by atoms with Crippen molar-refractivity contribution in [2.24, 2.45) is 7.05 Å². The van der Waals surface area contributed by atoms with Gasteiger partial charge in [0.05, 0.1) is 12.5 Å². The molecule has 0 spiro atoms. The minimum absolute atomic E-state index is 0.468. The van der Waals surface area contributed by atoms with Crippen molar-refractivity contribution in [2.45, 2.75) is 18.9 Å².